The van der Waals surface area contributed by atoms with E-state index in [9.17, 15) is 17.6 Å². The summed E-state index contributed by atoms with van der Waals surface area (Å²) < 4.78 is 53.5. The Kier molecular flexibility index (Phi) is 7.76. The molecule has 0 saturated carbocycles. The van der Waals surface area contributed by atoms with E-state index in [4.69, 9.17) is 14.7 Å². The van der Waals surface area contributed by atoms with Crippen LogP contribution in [0.5, 0.6) is 5.75 Å². The topological polar surface area (TPSA) is 118 Å². The van der Waals surface area contributed by atoms with Crippen molar-refractivity contribution in [1.29, 1.82) is 0 Å². The first kappa shape index (κ1) is 26.1. The molecular weight excluding hydrogens is 497 g/mol. The van der Waals surface area contributed by atoms with Crippen LogP contribution in [0.4, 0.5) is 9.39 Å². The number of halogens is 1. The molecule has 2 aromatic carbocycles. The molecule has 0 amide bonds. The average molecular weight is 522 g/mol. The first-order valence-electron chi connectivity index (χ1n) is 10.3. The predicted octanol–water partition coefficient (Wildman–Crippen LogP) is 4.45. The number of oxime groups is 1. The zero-order valence-corrected chi connectivity index (χ0v) is 21.1. The van der Waals surface area contributed by atoms with E-state index >= 15 is 0 Å². The summed E-state index contributed by atoms with van der Waals surface area (Å²) in [5.41, 5.74) is 0.826. The fourth-order valence-electron chi connectivity index (χ4n) is 3.01. The summed E-state index contributed by atoms with van der Waals surface area (Å²) in [4.78, 5) is 16.5. The molecule has 0 aliphatic carbocycles. The number of carbonyl (C=O) groups excluding carboxylic acids is 1. The Hall–Kier alpha value is -3.51. The Morgan fingerprint density at radius 2 is 1.91 bits per heavy atom. The summed E-state index contributed by atoms with van der Waals surface area (Å²) in [5.74, 6) is -1.10. The van der Waals surface area contributed by atoms with Crippen molar-refractivity contribution in [3.8, 4) is 5.75 Å². The lowest BCUT2D eigenvalue weighted by molar-refractivity contribution is 0.00646. The molecular formula is C23H24FN3O6S2. The number of hydrogen-bond acceptors (Lipinski definition) is 9. The molecule has 1 N–H and O–H groups in total. The second-order valence-electron chi connectivity index (χ2n) is 8.30. The van der Waals surface area contributed by atoms with Gasteiger partial charge in [-0.25, -0.2) is 22.6 Å². The van der Waals surface area contributed by atoms with Gasteiger partial charge in [0.15, 0.2) is 5.69 Å². The Labute approximate surface area is 206 Å². The molecule has 3 rings (SSSR count). The van der Waals surface area contributed by atoms with Gasteiger partial charge in [-0.2, -0.15) is 0 Å². The van der Waals surface area contributed by atoms with E-state index in [1.807, 2.05) is 0 Å². The number of thiazole rings is 1. The van der Waals surface area contributed by atoms with Crippen LogP contribution in [0.1, 0.15) is 42.4 Å². The fourth-order valence-corrected chi connectivity index (χ4v) is 5.49. The van der Waals surface area contributed by atoms with Gasteiger partial charge in [0.05, 0.1) is 30.3 Å². The number of carbonyl (C=O) groups is 1. The minimum atomic E-state index is -4.37. The first-order chi connectivity index (χ1) is 16.5. The lowest BCUT2D eigenvalue weighted by Gasteiger charge is -2.25. The highest BCUT2D eigenvalue weighted by atomic mass is 32.2. The van der Waals surface area contributed by atoms with Crippen molar-refractivity contribution in [1.82, 2.24) is 4.98 Å². The third-order valence-corrected chi connectivity index (χ3v) is 7.31. The minimum Gasteiger partial charge on any atom is -0.497 e. The molecule has 1 aromatic heterocycles. The number of benzene rings is 2. The van der Waals surface area contributed by atoms with Gasteiger partial charge < -0.3 is 14.7 Å². The molecule has 0 spiro atoms. The number of esters is 1. The number of ether oxygens (including phenoxy) is 2. The van der Waals surface area contributed by atoms with Gasteiger partial charge >= 0.3 is 5.97 Å². The van der Waals surface area contributed by atoms with Crippen LogP contribution in [0.15, 0.2) is 58.0 Å². The van der Waals surface area contributed by atoms with Crippen LogP contribution in [0, 0.1) is 5.82 Å². The van der Waals surface area contributed by atoms with Gasteiger partial charge in [0.1, 0.15) is 22.2 Å². The molecule has 0 atom stereocenters. The van der Waals surface area contributed by atoms with Crippen LogP contribution < -0.4 is 9.04 Å². The molecule has 0 fully saturated rings. The zero-order valence-electron chi connectivity index (χ0n) is 19.4. The molecule has 0 radical (unpaired) electrons. The quantitative estimate of drug-likeness (QED) is 0.201. The number of sulfonamides is 1. The van der Waals surface area contributed by atoms with Gasteiger partial charge in [-0.05, 0) is 56.7 Å². The summed E-state index contributed by atoms with van der Waals surface area (Å²) >= 11 is 0.938. The van der Waals surface area contributed by atoms with Crippen LogP contribution in [0.2, 0.25) is 0 Å². The molecule has 0 aliphatic heterocycles. The molecule has 0 saturated heterocycles. The molecule has 35 heavy (non-hydrogen) atoms. The van der Waals surface area contributed by atoms with Gasteiger partial charge in [-0.3, -0.25) is 4.31 Å². The van der Waals surface area contributed by atoms with E-state index < -0.39 is 27.4 Å². The van der Waals surface area contributed by atoms with E-state index in [1.165, 1.54) is 24.8 Å². The molecule has 9 nitrogen and oxygen atoms in total. The molecule has 0 unspecified atom stereocenters. The van der Waals surface area contributed by atoms with Crippen molar-refractivity contribution in [2.45, 2.75) is 37.8 Å². The first-order valence-corrected chi connectivity index (χ1v) is 12.6. The maximum atomic E-state index is 14.5. The van der Waals surface area contributed by atoms with E-state index in [-0.39, 0.29) is 27.7 Å². The average Bonchev–Trinajstić information content (AvgIpc) is 3.27. The van der Waals surface area contributed by atoms with E-state index in [0.717, 1.165) is 27.9 Å². The van der Waals surface area contributed by atoms with E-state index in [0.29, 0.717) is 11.3 Å². The SMILES string of the molecule is COc1ccc(CN(c2scnc2C(=O)OC(C)(C)C)S(=O)(=O)c2ccc(C=NO)c(F)c2)cc1. The molecule has 1 heterocycles. The molecule has 3 aromatic rings. The van der Waals surface area contributed by atoms with Crippen LogP contribution in [0.25, 0.3) is 0 Å². The van der Waals surface area contributed by atoms with Crippen LogP contribution in [0.3, 0.4) is 0 Å². The van der Waals surface area contributed by atoms with Crippen LogP contribution in [-0.2, 0) is 21.3 Å². The maximum Gasteiger partial charge on any atom is 0.360 e. The largest absolute Gasteiger partial charge is 0.497 e. The van der Waals surface area contributed by atoms with Crippen molar-refractivity contribution < 1.29 is 32.3 Å². The number of methoxy groups -OCH3 is 1. The van der Waals surface area contributed by atoms with Crippen molar-refractivity contribution in [3.63, 3.8) is 0 Å². The lowest BCUT2D eigenvalue weighted by atomic mass is 10.2. The summed E-state index contributed by atoms with van der Waals surface area (Å²) in [6, 6.07) is 9.88. The third-order valence-electron chi connectivity index (χ3n) is 4.61. The van der Waals surface area contributed by atoms with Crippen molar-refractivity contribution in [3.05, 3.63) is 70.6 Å². The van der Waals surface area contributed by atoms with Crippen LogP contribution >= 0.6 is 11.3 Å². The lowest BCUT2D eigenvalue weighted by Crippen LogP contribution is -2.32. The fraction of sp³-hybridized carbons (Fsp3) is 0.261. The Morgan fingerprint density at radius 1 is 1.23 bits per heavy atom. The smallest absolute Gasteiger partial charge is 0.360 e. The number of nitrogens with zero attached hydrogens (tertiary/aromatic N) is 3. The highest BCUT2D eigenvalue weighted by molar-refractivity contribution is 7.93. The maximum absolute atomic E-state index is 14.5. The highest BCUT2D eigenvalue weighted by Crippen LogP contribution is 2.34. The monoisotopic (exact) mass is 521 g/mol. The third kappa shape index (κ3) is 6.14. The number of aromatic nitrogens is 1. The van der Waals surface area contributed by atoms with Gasteiger partial charge in [-0.1, -0.05) is 17.3 Å². The Balaban J connectivity index is 2.11. The van der Waals surface area contributed by atoms with Crippen molar-refractivity contribution in [2.75, 3.05) is 11.4 Å². The van der Waals surface area contributed by atoms with Crippen LogP contribution in [-0.4, -0.2) is 43.5 Å². The zero-order chi connectivity index (χ0) is 25.8. The summed E-state index contributed by atoms with van der Waals surface area (Å²) in [5, 5.41) is 11.5. The Morgan fingerprint density at radius 3 is 2.49 bits per heavy atom. The molecule has 12 heteroatoms. The summed E-state index contributed by atoms with van der Waals surface area (Å²) in [6.45, 7) is 4.88. The van der Waals surface area contributed by atoms with Gasteiger partial charge in [0.25, 0.3) is 10.0 Å². The Bertz CT molecular complexity index is 1330. The second kappa shape index (κ2) is 10.4. The van der Waals surface area contributed by atoms with Gasteiger partial charge in [0, 0.05) is 5.56 Å². The predicted molar refractivity (Wildman–Crippen MR) is 129 cm³/mol. The van der Waals surface area contributed by atoms with Crippen molar-refractivity contribution >= 4 is 38.5 Å². The molecule has 0 bridgehead atoms. The second-order valence-corrected chi connectivity index (χ2v) is 11.0. The number of anilines is 1. The molecule has 186 valence electrons. The number of rotatable bonds is 8. The summed E-state index contributed by atoms with van der Waals surface area (Å²) in [6.07, 6.45) is 0.852. The summed E-state index contributed by atoms with van der Waals surface area (Å²) in [7, 11) is -2.86. The minimum absolute atomic E-state index is 0.0245. The van der Waals surface area contributed by atoms with E-state index in [1.54, 1.807) is 45.0 Å². The molecule has 0 aliphatic rings. The number of hydrogen-bond donors (Lipinski definition) is 1. The standard InChI is InChI=1S/C23H24FN3O6S2/c1-23(2,3)33-22(28)20-21(34-14-25-20)27(13-15-5-8-17(32-4)9-6-15)35(30,31)18-10-7-16(12-26-29)19(24)11-18/h5-12,14,29H,13H2,1-4H3. The van der Waals surface area contributed by atoms with Gasteiger partial charge in [0.2, 0.25) is 0 Å². The normalized spacial score (nSPS) is 12.0. The van der Waals surface area contributed by atoms with Crippen molar-refractivity contribution in [2.24, 2.45) is 5.16 Å². The highest BCUT2D eigenvalue weighted by Gasteiger charge is 2.33. The van der Waals surface area contributed by atoms with E-state index in [2.05, 4.69) is 10.1 Å². The van der Waals surface area contributed by atoms with Gasteiger partial charge in [-0.15, -0.1) is 11.3 Å².